The molecule has 0 spiro atoms. The summed E-state index contributed by atoms with van der Waals surface area (Å²) in [5.41, 5.74) is -1.96. The van der Waals surface area contributed by atoms with E-state index < -0.39 is 35.0 Å². The highest BCUT2D eigenvalue weighted by atomic mass is 19.4. The van der Waals surface area contributed by atoms with Crippen LogP contribution in [0, 0.1) is 12.3 Å². The molecule has 0 saturated heterocycles. The molecule has 112 valence electrons. The summed E-state index contributed by atoms with van der Waals surface area (Å²) in [6.45, 7) is 0.115. The van der Waals surface area contributed by atoms with Crippen molar-refractivity contribution < 1.29 is 27.9 Å². The fourth-order valence-corrected chi connectivity index (χ4v) is 1.43. The van der Waals surface area contributed by atoms with Crippen molar-refractivity contribution in [1.29, 1.82) is 0 Å². The molecule has 0 aliphatic rings. The maximum absolute atomic E-state index is 12.6. The standard InChI is InChI=1S/C13H11F3N2O3/c1-2-3-6-17-12(21)18-10-7-8(13(14,15)16)4-5-9(10)11(19)20/h1,4-5,7H,3,6H2,(H,19,20)(H2,17,18,21). The number of nitrogens with one attached hydrogen (secondary N) is 2. The second-order valence-electron chi connectivity index (χ2n) is 3.90. The maximum Gasteiger partial charge on any atom is 0.416 e. The van der Waals surface area contributed by atoms with Crippen molar-refractivity contribution in [1.82, 2.24) is 5.32 Å². The van der Waals surface area contributed by atoms with Crippen molar-refractivity contribution in [3.8, 4) is 12.3 Å². The van der Waals surface area contributed by atoms with Gasteiger partial charge in [0.15, 0.2) is 0 Å². The van der Waals surface area contributed by atoms with Gasteiger partial charge in [0.25, 0.3) is 0 Å². The Bertz CT molecular complexity index is 591. The molecule has 0 radical (unpaired) electrons. The number of carboxylic acid groups (broad SMARTS) is 1. The van der Waals surface area contributed by atoms with Crippen LogP contribution in [0.1, 0.15) is 22.3 Å². The molecule has 0 bridgehead atoms. The van der Waals surface area contributed by atoms with E-state index in [4.69, 9.17) is 11.5 Å². The van der Waals surface area contributed by atoms with E-state index in [2.05, 4.69) is 16.6 Å². The minimum Gasteiger partial charge on any atom is -0.478 e. The fourth-order valence-electron chi connectivity index (χ4n) is 1.43. The van der Waals surface area contributed by atoms with Gasteiger partial charge in [-0.1, -0.05) is 0 Å². The molecule has 0 heterocycles. The van der Waals surface area contributed by atoms with E-state index in [1.807, 2.05) is 0 Å². The van der Waals surface area contributed by atoms with Crippen molar-refractivity contribution in [2.75, 3.05) is 11.9 Å². The number of terminal acetylenes is 1. The Morgan fingerprint density at radius 1 is 1.33 bits per heavy atom. The first-order chi connectivity index (χ1) is 9.75. The smallest absolute Gasteiger partial charge is 0.416 e. The molecule has 0 saturated carbocycles. The normalized spacial score (nSPS) is 10.6. The van der Waals surface area contributed by atoms with E-state index in [-0.39, 0.29) is 13.0 Å². The van der Waals surface area contributed by atoms with Crippen molar-refractivity contribution in [3.63, 3.8) is 0 Å². The average Bonchev–Trinajstić information content (AvgIpc) is 2.37. The quantitative estimate of drug-likeness (QED) is 0.590. The summed E-state index contributed by atoms with van der Waals surface area (Å²) in [5.74, 6) is 0.804. The number of carbonyl (C=O) groups is 2. The molecule has 0 atom stereocenters. The molecule has 1 aromatic rings. The van der Waals surface area contributed by atoms with Crippen LogP contribution in [0.3, 0.4) is 0 Å². The van der Waals surface area contributed by atoms with Crippen LogP contribution in [0.25, 0.3) is 0 Å². The number of urea groups is 1. The van der Waals surface area contributed by atoms with Gasteiger partial charge in [0, 0.05) is 13.0 Å². The van der Waals surface area contributed by atoms with Crippen molar-refractivity contribution in [2.45, 2.75) is 12.6 Å². The second-order valence-corrected chi connectivity index (χ2v) is 3.90. The van der Waals surface area contributed by atoms with Crippen molar-refractivity contribution >= 4 is 17.7 Å². The predicted molar refractivity (Wildman–Crippen MR) is 68.9 cm³/mol. The lowest BCUT2D eigenvalue weighted by Crippen LogP contribution is -2.30. The molecule has 2 amide bonds. The Hall–Kier alpha value is -2.69. The van der Waals surface area contributed by atoms with Gasteiger partial charge in [-0.15, -0.1) is 12.3 Å². The molecule has 0 unspecified atom stereocenters. The van der Waals surface area contributed by atoms with Crippen LogP contribution in [0.5, 0.6) is 0 Å². The van der Waals surface area contributed by atoms with Crippen LogP contribution in [0.2, 0.25) is 0 Å². The van der Waals surface area contributed by atoms with Gasteiger partial charge < -0.3 is 15.7 Å². The maximum atomic E-state index is 12.6. The summed E-state index contributed by atoms with van der Waals surface area (Å²) in [6.07, 6.45) is 0.567. The number of hydrogen-bond acceptors (Lipinski definition) is 2. The zero-order valence-corrected chi connectivity index (χ0v) is 10.6. The molecule has 1 rings (SSSR count). The third-order valence-electron chi connectivity index (χ3n) is 2.38. The fraction of sp³-hybridized carbons (Fsp3) is 0.231. The Kier molecular flexibility index (Phi) is 5.18. The highest BCUT2D eigenvalue weighted by molar-refractivity contribution is 6.00. The minimum absolute atomic E-state index is 0.115. The van der Waals surface area contributed by atoms with Gasteiger partial charge in [0.05, 0.1) is 16.8 Å². The molecule has 8 heteroatoms. The highest BCUT2D eigenvalue weighted by Crippen LogP contribution is 2.32. The first-order valence-electron chi connectivity index (χ1n) is 5.68. The van der Waals surface area contributed by atoms with Gasteiger partial charge in [-0.25, -0.2) is 9.59 Å². The molecular formula is C13H11F3N2O3. The minimum atomic E-state index is -4.65. The Labute approximate surface area is 118 Å². The van der Waals surface area contributed by atoms with Gasteiger partial charge in [0.1, 0.15) is 0 Å². The van der Waals surface area contributed by atoms with Crippen molar-refractivity contribution in [2.24, 2.45) is 0 Å². The number of aromatic carboxylic acids is 1. The summed E-state index contributed by atoms with van der Waals surface area (Å²) in [4.78, 5) is 22.4. The Morgan fingerprint density at radius 2 is 2.00 bits per heavy atom. The Morgan fingerprint density at radius 3 is 2.52 bits per heavy atom. The zero-order valence-electron chi connectivity index (χ0n) is 10.6. The number of carboxylic acids is 1. The summed E-state index contributed by atoms with van der Waals surface area (Å²) >= 11 is 0. The molecular weight excluding hydrogens is 289 g/mol. The predicted octanol–water partition coefficient (Wildman–Crippen LogP) is 2.55. The van der Waals surface area contributed by atoms with Gasteiger partial charge >= 0.3 is 18.2 Å². The van der Waals surface area contributed by atoms with E-state index in [9.17, 15) is 22.8 Å². The van der Waals surface area contributed by atoms with Crippen molar-refractivity contribution in [3.05, 3.63) is 29.3 Å². The van der Waals surface area contributed by atoms with Gasteiger partial charge in [-0.3, -0.25) is 0 Å². The Balaban J connectivity index is 2.99. The van der Waals surface area contributed by atoms with Gasteiger partial charge in [0.2, 0.25) is 0 Å². The van der Waals surface area contributed by atoms with Crippen LogP contribution in [0.15, 0.2) is 18.2 Å². The van der Waals surface area contributed by atoms with Crippen LogP contribution >= 0.6 is 0 Å². The third-order valence-corrected chi connectivity index (χ3v) is 2.38. The van der Waals surface area contributed by atoms with E-state index in [0.717, 1.165) is 6.07 Å². The van der Waals surface area contributed by atoms with E-state index in [1.54, 1.807) is 0 Å². The number of benzene rings is 1. The first kappa shape index (κ1) is 16.4. The average molecular weight is 300 g/mol. The van der Waals surface area contributed by atoms with Crippen LogP contribution in [0.4, 0.5) is 23.7 Å². The third kappa shape index (κ3) is 4.72. The van der Waals surface area contributed by atoms with Crippen LogP contribution in [-0.2, 0) is 6.18 Å². The molecule has 0 aromatic heterocycles. The summed E-state index contributed by atoms with van der Waals surface area (Å²) in [7, 11) is 0. The lowest BCUT2D eigenvalue weighted by atomic mass is 10.1. The second kappa shape index (κ2) is 6.65. The number of carbonyl (C=O) groups excluding carboxylic acids is 1. The van der Waals surface area contributed by atoms with E-state index in [0.29, 0.717) is 12.1 Å². The largest absolute Gasteiger partial charge is 0.478 e. The highest BCUT2D eigenvalue weighted by Gasteiger charge is 2.31. The first-order valence-corrected chi connectivity index (χ1v) is 5.68. The lowest BCUT2D eigenvalue weighted by molar-refractivity contribution is -0.137. The number of hydrogen-bond donors (Lipinski definition) is 3. The number of alkyl halides is 3. The lowest BCUT2D eigenvalue weighted by Gasteiger charge is -2.13. The SMILES string of the molecule is C#CCCNC(=O)Nc1cc(C(F)(F)F)ccc1C(=O)O. The summed E-state index contributed by atoms with van der Waals surface area (Å²) in [5, 5.41) is 13.3. The summed E-state index contributed by atoms with van der Waals surface area (Å²) < 4.78 is 37.8. The molecule has 0 fully saturated rings. The number of rotatable bonds is 4. The van der Waals surface area contributed by atoms with E-state index >= 15 is 0 Å². The molecule has 0 aliphatic carbocycles. The summed E-state index contributed by atoms with van der Waals surface area (Å²) in [6, 6.07) is 1.13. The molecule has 0 aliphatic heterocycles. The van der Waals surface area contributed by atoms with Crippen LogP contribution < -0.4 is 10.6 Å². The topological polar surface area (TPSA) is 78.4 Å². The molecule has 21 heavy (non-hydrogen) atoms. The van der Waals surface area contributed by atoms with Gasteiger partial charge in [-0.2, -0.15) is 13.2 Å². The monoisotopic (exact) mass is 300 g/mol. The molecule has 3 N–H and O–H groups in total. The zero-order chi connectivity index (χ0) is 16.0. The molecule has 1 aromatic carbocycles. The molecule has 5 nitrogen and oxygen atoms in total. The van der Waals surface area contributed by atoms with Gasteiger partial charge in [-0.05, 0) is 18.2 Å². The van der Waals surface area contributed by atoms with E-state index in [1.165, 1.54) is 0 Å². The number of amides is 2. The van der Waals surface area contributed by atoms with Crippen LogP contribution in [-0.4, -0.2) is 23.7 Å². The number of anilines is 1. The number of halogens is 3.